The summed E-state index contributed by atoms with van der Waals surface area (Å²) < 4.78 is 0. The Morgan fingerprint density at radius 2 is 1.79 bits per heavy atom. The van der Waals surface area contributed by atoms with Gasteiger partial charge in [0, 0.05) is 90.8 Å². The Kier molecular flexibility index (Phi) is 11.0. The molecule has 19 heavy (non-hydrogen) atoms. The average Bonchev–Trinajstić information content (AvgIpc) is 3.09. The second kappa shape index (κ2) is 10.5. The highest BCUT2D eigenvalue weighted by Gasteiger charge is 2.26. The third-order valence-electron chi connectivity index (χ3n) is 2.37. The molecule has 76 valence electrons. The zero-order valence-electron chi connectivity index (χ0n) is 11.3. The zero-order valence-corrected chi connectivity index (χ0v) is 12.1. The van der Waals surface area contributed by atoms with E-state index in [1.165, 1.54) is 11.9 Å². The van der Waals surface area contributed by atoms with Crippen molar-refractivity contribution in [2.75, 3.05) is 5.75 Å². The number of hydrogen-bond acceptors (Lipinski definition) is 2. The van der Waals surface area contributed by atoms with Gasteiger partial charge in [0.05, 0.1) is 0 Å². The van der Waals surface area contributed by atoms with Gasteiger partial charge < -0.3 is 5.73 Å². The van der Waals surface area contributed by atoms with Crippen LogP contribution in [0.15, 0.2) is 10.8 Å². The maximum Gasteiger partial charge on any atom is 0.188 e. The van der Waals surface area contributed by atoms with E-state index in [-0.39, 0.29) is 6.39 Å². The second-order valence-corrected chi connectivity index (χ2v) is 5.62. The van der Waals surface area contributed by atoms with Crippen LogP contribution in [0.2, 0.25) is 0 Å². The second-order valence-electron chi connectivity index (χ2n) is 4.53. The normalized spacial score (nSPS) is 12.8. The van der Waals surface area contributed by atoms with Gasteiger partial charge in [0.1, 0.15) is 0 Å². The SMILES string of the molecule is C[C@@H](N)CSC1=C[B]1.[B][B]B([B])B(B([B])[B])B([B])[B]. The maximum absolute atomic E-state index is 5.52. The molecule has 1 nitrogen and oxygen atoms in total. The summed E-state index contributed by atoms with van der Waals surface area (Å²) in [6.07, 6.45) is -2.15. The van der Waals surface area contributed by atoms with Crippen molar-refractivity contribution in [1.29, 1.82) is 0 Å². The van der Waals surface area contributed by atoms with E-state index in [1.807, 2.05) is 18.7 Å². The minimum atomic E-state index is -0.648. The van der Waals surface area contributed by atoms with Gasteiger partial charge in [0.25, 0.3) is 0 Å². The molecule has 1 aliphatic heterocycles. The van der Waals surface area contributed by atoms with Crippen molar-refractivity contribution in [3.8, 4) is 0 Å². The Bertz CT molecular complexity index is 263. The molecule has 0 saturated carbocycles. The Morgan fingerprint density at radius 3 is 2.00 bits per heavy atom. The summed E-state index contributed by atoms with van der Waals surface area (Å²) in [7, 11) is 35.6. The third-order valence-corrected chi connectivity index (χ3v) is 3.67. The Hall–Kier alpha value is 0.829. The number of rotatable bonds is 7. The number of hydrogen-bond donors (Lipinski definition) is 1. The highest BCUT2D eigenvalue weighted by atomic mass is 32.2. The molecule has 0 spiro atoms. The molecule has 14 heteroatoms. The van der Waals surface area contributed by atoms with Crippen molar-refractivity contribution < 1.29 is 0 Å². The molecule has 0 amide bonds. The Morgan fingerprint density at radius 1 is 1.32 bits per heavy atom. The van der Waals surface area contributed by atoms with Gasteiger partial charge in [-0.05, 0) is 6.92 Å². The first-order valence-corrected chi connectivity index (χ1v) is 7.04. The van der Waals surface area contributed by atoms with E-state index < -0.39 is 19.2 Å². The molecule has 0 aliphatic carbocycles. The molecule has 0 unspecified atom stereocenters. The lowest BCUT2D eigenvalue weighted by atomic mass is 8.56. The van der Waals surface area contributed by atoms with Gasteiger partial charge in [-0.2, -0.15) is 0 Å². The largest absolute Gasteiger partial charge is 0.327 e. The smallest absolute Gasteiger partial charge is 0.188 e. The van der Waals surface area contributed by atoms with Crippen LogP contribution >= 0.6 is 11.8 Å². The highest BCUT2D eigenvalue weighted by molar-refractivity contribution is 8.05. The van der Waals surface area contributed by atoms with Gasteiger partial charge in [-0.15, -0.1) is 17.7 Å². The van der Waals surface area contributed by atoms with E-state index in [4.69, 9.17) is 52.2 Å². The van der Waals surface area contributed by atoms with Crippen LogP contribution in [0.1, 0.15) is 6.92 Å². The summed E-state index contributed by atoms with van der Waals surface area (Å²) in [5, 5.41) is 0. The van der Waals surface area contributed by atoms with Gasteiger partial charge in [-0.25, -0.2) is 0 Å². The molecule has 0 aromatic carbocycles. The fraction of sp³-hybridized carbons (Fsp3) is 0.600. The van der Waals surface area contributed by atoms with Gasteiger partial charge in [0.2, 0.25) is 0 Å². The summed E-state index contributed by atoms with van der Waals surface area (Å²) in [4.78, 5) is 1.39. The monoisotopic (exact) mass is 247 g/mol. The van der Waals surface area contributed by atoms with E-state index in [0.717, 1.165) is 5.75 Å². The van der Waals surface area contributed by atoms with Crippen LogP contribution < -0.4 is 5.73 Å². The summed E-state index contributed by atoms with van der Waals surface area (Å²) in [6, 6.07) is 0.329. The lowest BCUT2D eigenvalue weighted by Crippen LogP contribution is -2.63. The highest BCUT2D eigenvalue weighted by Crippen LogP contribution is 2.23. The molecule has 0 aromatic rings. The van der Waals surface area contributed by atoms with E-state index in [9.17, 15) is 0 Å². The van der Waals surface area contributed by atoms with Crippen LogP contribution in [0.25, 0.3) is 0 Å². The maximum atomic E-state index is 5.52. The fourth-order valence-electron chi connectivity index (χ4n) is 1.26. The predicted molar refractivity (Wildman–Crippen MR) is 103 cm³/mol. The molecule has 14 radical (unpaired) electrons. The molecule has 2 N–H and O–H groups in total. The molecule has 1 rings (SSSR count). The molecular weight excluding hydrogens is 236 g/mol. The van der Waals surface area contributed by atoms with Crippen molar-refractivity contribution in [3.63, 3.8) is 0 Å². The van der Waals surface area contributed by atoms with E-state index in [0.29, 0.717) is 6.04 Å². The van der Waals surface area contributed by atoms with Crippen molar-refractivity contribution in [2.24, 2.45) is 5.73 Å². The lowest BCUT2D eigenvalue weighted by Gasteiger charge is -2.25. The first-order chi connectivity index (χ1) is 8.79. The van der Waals surface area contributed by atoms with Crippen LogP contribution in [0, 0.1) is 0 Å². The molecule has 1 heterocycles. The summed E-state index contributed by atoms with van der Waals surface area (Å²) in [6.45, 7) is 2.02. The standard InChI is InChI=1S/C5H9BNS.B11/c1-4(7)3-8-5-2-6-5;1-7-10(6)11(8(2)3)9(4)5/h2,4H,3,7H2,1H3;/t4-;/m1./s1. The van der Waals surface area contributed by atoms with Gasteiger partial charge in [-0.3, -0.25) is 0 Å². The summed E-state index contributed by atoms with van der Waals surface area (Å²) in [5.41, 5.74) is 5.51. The first-order valence-electron chi connectivity index (χ1n) is 6.06. The minimum absolute atomic E-state index is 0.329. The molecule has 1 atom stereocenters. The molecule has 0 fully saturated rings. The van der Waals surface area contributed by atoms with Crippen LogP contribution in [0.3, 0.4) is 0 Å². The van der Waals surface area contributed by atoms with Gasteiger partial charge >= 0.3 is 0 Å². The van der Waals surface area contributed by atoms with Crippen LogP contribution in [0.4, 0.5) is 0 Å². The van der Waals surface area contributed by atoms with Crippen LogP contribution in [-0.2, 0) is 0 Å². The topological polar surface area (TPSA) is 26.0 Å². The van der Waals surface area contributed by atoms with Crippen LogP contribution in [-0.4, -0.2) is 98.1 Å². The van der Waals surface area contributed by atoms with Gasteiger partial charge in [-0.1, -0.05) is 4.80 Å². The lowest BCUT2D eigenvalue weighted by molar-refractivity contribution is 0.849. The van der Waals surface area contributed by atoms with E-state index >= 15 is 0 Å². The van der Waals surface area contributed by atoms with Crippen LogP contribution in [0.5, 0.6) is 0 Å². The van der Waals surface area contributed by atoms with Crippen molar-refractivity contribution in [3.05, 3.63) is 10.8 Å². The number of nitrogens with two attached hydrogens (primary N) is 1. The molecule has 0 saturated heterocycles. The summed E-state index contributed by atoms with van der Waals surface area (Å²) in [5.74, 6) is 3.15. The molecule has 0 bridgehead atoms. The average molecular weight is 245 g/mol. The molecule has 0 aromatic heterocycles. The zero-order chi connectivity index (χ0) is 15.0. The Balaban J connectivity index is 0.000000356. The van der Waals surface area contributed by atoms with E-state index in [1.54, 1.807) is 0 Å². The minimum Gasteiger partial charge on any atom is -0.327 e. The Labute approximate surface area is 133 Å². The van der Waals surface area contributed by atoms with Crippen molar-refractivity contribution >= 4 is 98.1 Å². The third kappa shape index (κ3) is 10.2. The van der Waals surface area contributed by atoms with E-state index in [2.05, 4.69) is 13.3 Å². The molecular formula is C5H9B12NS. The van der Waals surface area contributed by atoms with Crippen molar-refractivity contribution in [1.82, 2.24) is 0 Å². The molecule has 1 aliphatic rings. The summed E-state index contributed by atoms with van der Waals surface area (Å²) >= 11 is 1.83. The first kappa shape index (κ1) is 19.8. The predicted octanol–water partition coefficient (Wildman–Crippen LogP) is -3.61. The fourth-order valence-corrected chi connectivity index (χ4v) is 1.97. The quantitative estimate of drug-likeness (QED) is 0.469. The number of thioether (sulfide) groups is 1. The van der Waals surface area contributed by atoms with Gasteiger partial charge in [0.15, 0.2) is 7.28 Å². The van der Waals surface area contributed by atoms with Crippen molar-refractivity contribution in [2.45, 2.75) is 13.0 Å².